The fraction of sp³-hybridized carbons (Fsp3) is 0.118. The fourth-order valence-electron chi connectivity index (χ4n) is 1.83. The average Bonchev–Trinajstić information content (AvgIpc) is 2.60. The second-order valence-electron chi connectivity index (χ2n) is 4.79. The molecule has 0 aliphatic rings. The van der Waals surface area contributed by atoms with E-state index in [1.54, 1.807) is 24.3 Å². The molecule has 0 aromatic heterocycles. The Morgan fingerprint density at radius 1 is 1.24 bits per heavy atom. The van der Waals surface area contributed by atoms with E-state index in [1.165, 1.54) is 12.3 Å². The first-order valence-corrected chi connectivity index (χ1v) is 7.00. The van der Waals surface area contributed by atoms with Crippen LogP contribution in [-0.2, 0) is 6.18 Å². The van der Waals surface area contributed by atoms with E-state index in [4.69, 9.17) is 10.00 Å². The van der Waals surface area contributed by atoms with Crippen LogP contribution in [0.1, 0.15) is 21.5 Å². The number of carbonyl (C=O) groups excluding carboxylic acids is 1. The van der Waals surface area contributed by atoms with Crippen molar-refractivity contribution in [1.29, 1.82) is 5.26 Å². The predicted molar refractivity (Wildman–Crippen MR) is 84.1 cm³/mol. The molecule has 0 unspecified atom stereocenters. The lowest BCUT2D eigenvalue weighted by atomic mass is 10.1. The summed E-state index contributed by atoms with van der Waals surface area (Å²) in [6.07, 6.45) is -3.19. The van der Waals surface area contributed by atoms with Gasteiger partial charge in [0.2, 0.25) is 0 Å². The number of carbonyl (C=O) groups is 1. The van der Waals surface area contributed by atoms with Crippen molar-refractivity contribution >= 4 is 12.1 Å². The Bertz CT molecular complexity index is 809. The maximum absolute atomic E-state index is 12.6. The molecule has 0 saturated carbocycles. The summed E-state index contributed by atoms with van der Waals surface area (Å²) in [6, 6.07) is 12.4. The van der Waals surface area contributed by atoms with Gasteiger partial charge in [0.15, 0.2) is 6.61 Å². The van der Waals surface area contributed by atoms with Gasteiger partial charge in [-0.25, -0.2) is 5.43 Å². The fourth-order valence-corrected chi connectivity index (χ4v) is 1.83. The highest BCUT2D eigenvalue weighted by atomic mass is 19.4. The third-order valence-corrected chi connectivity index (χ3v) is 3.02. The van der Waals surface area contributed by atoms with Gasteiger partial charge in [0, 0.05) is 5.56 Å². The first-order valence-electron chi connectivity index (χ1n) is 7.00. The maximum Gasteiger partial charge on any atom is 0.416 e. The van der Waals surface area contributed by atoms with Crippen molar-refractivity contribution in [1.82, 2.24) is 5.43 Å². The second kappa shape index (κ2) is 7.97. The summed E-state index contributed by atoms with van der Waals surface area (Å²) < 4.78 is 43.0. The summed E-state index contributed by atoms with van der Waals surface area (Å²) in [4.78, 5) is 11.8. The third kappa shape index (κ3) is 5.35. The van der Waals surface area contributed by atoms with E-state index in [-0.39, 0.29) is 12.2 Å². The number of hydrazone groups is 1. The summed E-state index contributed by atoms with van der Waals surface area (Å²) in [5.41, 5.74) is 1.75. The highest BCUT2D eigenvalue weighted by Gasteiger charge is 2.30. The van der Waals surface area contributed by atoms with Gasteiger partial charge in [-0.15, -0.1) is 0 Å². The Balaban J connectivity index is 1.98. The van der Waals surface area contributed by atoms with Gasteiger partial charge < -0.3 is 4.74 Å². The molecule has 25 heavy (non-hydrogen) atoms. The molecule has 0 bridgehead atoms. The molecule has 0 saturated heterocycles. The van der Waals surface area contributed by atoms with Crippen LogP contribution in [0, 0.1) is 11.3 Å². The monoisotopic (exact) mass is 347 g/mol. The normalized spacial score (nSPS) is 11.1. The van der Waals surface area contributed by atoms with E-state index >= 15 is 0 Å². The summed E-state index contributed by atoms with van der Waals surface area (Å²) in [5, 5.41) is 12.1. The van der Waals surface area contributed by atoms with Crippen LogP contribution < -0.4 is 10.2 Å². The van der Waals surface area contributed by atoms with Crippen molar-refractivity contribution in [2.75, 3.05) is 6.61 Å². The number of nitriles is 1. The quantitative estimate of drug-likeness (QED) is 0.666. The molecule has 0 spiro atoms. The molecule has 0 aliphatic heterocycles. The van der Waals surface area contributed by atoms with Gasteiger partial charge in [-0.2, -0.15) is 23.5 Å². The number of rotatable bonds is 5. The summed E-state index contributed by atoms with van der Waals surface area (Å²) >= 11 is 0. The lowest BCUT2D eigenvalue weighted by Gasteiger charge is -2.07. The van der Waals surface area contributed by atoms with Crippen molar-refractivity contribution < 1.29 is 22.7 Å². The van der Waals surface area contributed by atoms with Gasteiger partial charge in [-0.3, -0.25) is 4.79 Å². The molecule has 0 radical (unpaired) electrons. The third-order valence-electron chi connectivity index (χ3n) is 3.02. The smallest absolute Gasteiger partial charge is 0.416 e. The lowest BCUT2D eigenvalue weighted by molar-refractivity contribution is -0.137. The van der Waals surface area contributed by atoms with E-state index < -0.39 is 17.6 Å². The molecule has 2 aromatic carbocycles. The van der Waals surface area contributed by atoms with Gasteiger partial charge >= 0.3 is 6.18 Å². The molecule has 8 heteroatoms. The number of amides is 1. The molecule has 2 aromatic rings. The Hall–Kier alpha value is -3.34. The van der Waals surface area contributed by atoms with E-state index in [2.05, 4.69) is 10.5 Å². The number of benzene rings is 2. The molecule has 2 rings (SSSR count). The largest absolute Gasteiger partial charge is 0.479 e. The van der Waals surface area contributed by atoms with Crippen LogP contribution in [0.25, 0.3) is 0 Å². The van der Waals surface area contributed by atoms with Crippen LogP contribution in [0.15, 0.2) is 53.6 Å². The average molecular weight is 347 g/mol. The van der Waals surface area contributed by atoms with Crippen molar-refractivity contribution in [3.8, 4) is 11.8 Å². The topological polar surface area (TPSA) is 74.5 Å². The molecular formula is C17H12F3N3O2. The van der Waals surface area contributed by atoms with Gasteiger partial charge in [-0.1, -0.05) is 6.07 Å². The molecule has 128 valence electrons. The SMILES string of the molecule is N#CCOc1ccc(C=NNC(=O)c2cccc(C(F)(F)F)c2)cc1. The highest BCUT2D eigenvalue weighted by molar-refractivity contribution is 5.95. The molecule has 5 nitrogen and oxygen atoms in total. The van der Waals surface area contributed by atoms with Gasteiger partial charge in [0.1, 0.15) is 11.8 Å². The van der Waals surface area contributed by atoms with E-state index in [0.29, 0.717) is 11.3 Å². The van der Waals surface area contributed by atoms with Crippen LogP contribution >= 0.6 is 0 Å². The number of nitrogens with one attached hydrogen (secondary N) is 1. The van der Waals surface area contributed by atoms with Crippen LogP contribution in [-0.4, -0.2) is 18.7 Å². The number of alkyl halides is 3. The standard InChI is InChI=1S/C17H12F3N3O2/c18-17(19,20)14-3-1-2-13(10-14)16(24)23-22-11-12-4-6-15(7-5-12)25-9-8-21/h1-7,10-11H,9H2,(H,23,24). The number of nitrogens with zero attached hydrogens (tertiary/aromatic N) is 2. The molecule has 0 heterocycles. The van der Waals surface area contributed by atoms with Crippen LogP contribution in [0.3, 0.4) is 0 Å². The minimum Gasteiger partial charge on any atom is -0.479 e. The summed E-state index contributed by atoms with van der Waals surface area (Å²) in [5.74, 6) is -0.247. The minimum atomic E-state index is -4.52. The number of hydrogen-bond acceptors (Lipinski definition) is 4. The highest BCUT2D eigenvalue weighted by Crippen LogP contribution is 2.29. The first kappa shape index (κ1) is 18.0. The first-order chi connectivity index (χ1) is 11.9. The zero-order valence-corrected chi connectivity index (χ0v) is 12.7. The van der Waals surface area contributed by atoms with Crippen molar-refractivity contribution in [3.05, 3.63) is 65.2 Å². The Kier molecular flexibility index (Phi) is 5.74. The summed E-state index contributed by atoms with van der Waals surface area (Å²) in [7, 11) is 0. The van der Waals surface area contributed by atoms with Crippen LogP contribution in [0.5, 0.6) is 5.75 Å². The molecular weight excluding hydrogens is 335 g/mol. The van der Waals surface area contributed by atoms with Crippen molar-refractivity contribution in [3.63, 3.8) is 0 Å². The number of halogens is 3. The van der Waals surface area contributed by atoms with E-state index in [0.717, 1.165) is 18.2 Å². The molecule has 0 fully saturated rings. The van der Waals surface area contributed by atoms with Crippen molar-refractivity contribution in [2.45, 2.75) is 6.18 Å². The van der Waals surface area contributed by atoms with Gasteiger partial charge in [0.05, 0.1) is 11.8 Å². The van der Waals surface area contributed by atoms with Crippen LogP contribution in [0.4, 0.5) is 13.2 Å². The van der Waals surface area contributed by atoms with Gasteiger partial charge in [-0.05, 0) is 48.0 Å². The van der Waals surface area contributed by atoms with E-state index in [9.17, 15) is 18.0 Å². The molecule has 0 aliphatic carbocycles. The molecule has 1 N–H and O–H groups in total. The Labute approximate surface area is 141 Å². The maximum atomic E-state index is 12.6. The number of ether oxygens (including phenoxy) is 1. The summed E-state index contributed by atoms with van der Waals surface area (Å²) in [6.45, 7) is -0.0690. The Morgan fingerprint density at radius 2 is 1.96 bits per heavy atom. The zero-order valence-electron chi connectivity index (χ0n) is 12.7. The van der Waals surface area contributed by atoms with Gasteiger partial charge in [0.25, 0.3) is 5.91 Å². The molecule has 1 amide bonds. The Morgan fingerprint density at radius 3 is 2.60 bits per heavy atom. The second-order valence-corrected chi connectivity index (χ2v) is 4.79. The lowest BCUT2D eigenvalue weighted by Crippen LogP contribution is -2.18. The minimum absolute atomic E-state index is 0.0690. The van der Waals surface area contributed by atoms with Crippen LogP contribution in [0.2, 0.25) is 0 Å². The van der Waals surface area contributed by atoms with Crippen molar-refractivity contribution in [2.24, 2.45) is 5.10 Å². The number of hydrogen-bond donors (Lipinski definition) is 1. The van der Waals surface area contributed by atoms with E-state index in [1.807, 2.05) is 6.07 Å². The zero-order chi connectivity index (χ0) is 18.3. The predicted octanol–water partition coefficient (Wildman–Crippen LogP) is 3.37. The molecule has 0 atom stereocenters.